The second-order valence-electron chi connectivity index (χ2n) is 3.58. The van der Waals surface area contributed by atoms with E-state index in [2.05, 4.69) is 0 Å². The highest BCUT2D eigenvalue weighted by atomic mass is 16.5. The van der Waals surface area contributed by atoms with Gasteiger partial charge in [0.05, 0.1) is 14.2 Å². The van der Waals surface area contributed by atoms with Crippen molar-refractivity contribution >= 4 is 5.97 Å². The van der Waals surface area contributed by atoms with Crippen LogP contribution >= 0.6 is 0 Å². The predicted molar refractivity (Wildman–Crippen MR) is 63.5 cm³/mol. The number of hydrogen-bond acceptors (Lipinski definition) is 4. The number of aliphatic carboxylic acids is 1. The summed E-state index contributed by atoms with van der Waals surface area (Å²) in [5.74, 6) is -0.00555. The smallest absolute Gasteiger partial charge is 0.325 e. The SMILES string of the molecule is CCc1cc(OC)c(OC)cc1C(N)C(=O)O. The Hall–Kier alpha value is -1.75. The van der Waals surface area contributed by atoms with Crippen molar-refractivity contribution in [3.8, 4) is 11.5 Å². The third kappa shape index (κ3) is 2.68. The van der Waals surface area contributed by atoms with Crippen molar-refractivity contribution in [2.24, 2.45) is 5.73 Å². The first-order chi connectivity index (χ1) is 8.04. The van der Waals surface area contributed by atoms with Gasteiger partial charge in [-0.25, -0.2) is 0 Å². The van der Waals surface area contributed by atoms with Crippen molar-refractivity contribution in [2.45, 2.75) is 19.4 Å². The minimum atomic E-state index is -1.06. The molecule has 5 nitrogen and oxygen atoms in total. The third-order valence-corrected chi connectivity index (χ3v) is 2.63. The summed E-state index contributed by atoms with van der Waals surface area (Å²) in [6, 6.07) is 2.33. The van der Waals surface area contributed by atoms with Crippen molar-refractivity contribution in [1.29, 1.82) is 0 Å². The standard InChI is InChI=1S/C12H17NO4/c1-4-7-5-9(16-2)10(17-3)6-8(7)11(13)12(14)15/h5-6,11H,4,13H2,1-3H3,(H,14,15). The lowest BCUT2D eigenvalue weighted by Gasteiger charge is -2.16. The summed E-state index contributed by atoms with van der Waals surface area (Å²) >= 11 is 0. The molecular formula is C12H17NO4. The molecule has 0 aliphatic heterocycles. The number of carbonyl (C=O) groups is 1. The number of aryl methyl sites for hydroxylation is 1. The molecule has 1 aromatic rings. The lowest BCUT2D eigenvalue weighted by Crippen LogP contribution is -2.22. The van der Waals surface area contributed by atoms with E-state index < -0.39 is 12.0 Å². The minimum absolute atomic E-state index is 0.483. The molecule has 0 aliphatic carbocycles. The molecule has 1 unspecified atom stereocenters. The average Bonchev–Trinajstić information content (AvgIpc) is 2.35. The van der Waals surface area contributed by atoms with Crippen LogP contribution in [0.2, 0.25) is 0 Å². The van der Waals surface area contributed by atoms with E-state index in [0.717, 1.165) is 5.56 Å². The largest absolute Gasteiger partial charge is 0.493 e. The van der Waals surface area contributed by atoms with Crippen LogP contribution in [0.4, 0.5) is 0 Å². The molecule has 3 N–H and O–H groups in total. The molecule has 0 saturated heterocycles. The van der Waals surface area contributed by atoms with E-state index in [1.54, 1.807) is 12.1 Å². The van der Waals surface area contributed by atoms with E-state index in [1.807, 2.05) is 6.92 Å². The molecule has 5 heteroatoms. The van der Waals surface area contributed by atoms with Gasteiger partial charge in [0.2, 0.25) is 0 Å². The van der Waals surface area contributed by atoms with Gasteiger partial charge in [0.15, 0.2) is 11.5 Å². The summed E-state index contributed by atoms with van der Waals surface area (Å²) in [5, 5.41) is 8.95. The van der Waals surface area contributed by atoms with Gasteiger partial charge in [0, 0.05) is 0 Å². The molecule has 0 saturated carbocycles. The zero-order valence-corrected chi connectivity index (χ0v) is 10.2. The van der Waals surface area contributed by atoms with E-state index in [-0.39, 0.29) is 0 Å². The van der Waals surface area contributed by atoms with E-state index >= 15 is 0 Å². The predicted octanol–water partition coefficient (Wildman–Crippen LogP) is 1.35. The van der Waals surface area contributed by atoms with Crippen LogP contribution in [0.25, 0.3) is 0 Å². The molecule has 0 spiro atoms. The quantitative estimate of drug-likeness (QED) is 0.810. The van der Waals surface area contributed by atoms with Gasteiger partial charge in [-0.1, -0.05) is 6.92 Å². The molecule has 94 valence electrons. The van der Waals surface area contributed by atoms with Crippen LogP contribution in [-0.4, -0.2) is 25.3 Å². The fraction of sp³-hybridized carbons (Fsp3) is 0.417. The van der Waals surface area contributed by atoms with E-state index in [9.17, 15) is 4.79 Å². The van der Waals surface area contributed by atoms with Crippen molar-refractivity contribution < 1.29 is 19.4 Å². The highest BCUT2D eigenvalue weighted by molar-refractivity contribution is 5.76. The second kappa shape index (κ2) is 5.54. The first-order valence-corrected chi connectivity index (χ1v) is 5.28. The number of hydrogen-bond donors (Lipinski definition) is 2. The van der Waals surface area contributed by atoms with Gasteiger partial charge in [-0.15, -0.1) is 0 Å². The number of nitrogens with two attached hydrogens (primary N) is 1. The third-order valence-electron chi connectivity index (χ3n) is 2.63. The average molecular weight is 239 g/mol. The number of rotatable bonds is 5. The molecule has 0 bridgehead atoms. The molecular weight excluding hydrogens is 222 g/mol. The van der Waals surface area contributed by atoms with Gasteiger partial charge >= 0.3 is 5.97 Å². The first-order valence-electron chi connectivity index (χ1n) is 5.28. The maximum Gasteiger partial charge on any atom is 0.325 e. The Morgan fingerprint density at radius 2 is 1.88 bits per heavy atom. The van der Waals surface area contributed by atoms with Crippen LogP contribution < -0.4 is 15.2 Å². The normalized spacial score (nSPS) is 12.0. The summed E-state index contributed by atoms with van der Waals surface area (Å²) in [6.45, 7) is 1.93. The van der Waals surface area contributed by atoms with Gasteiger partial charge in [-0.05, 0) is 29.7 Å². The Labute approximate surface area is 100 Å². The van der Waals surface area contributed by atoms with E-state index in [4.69, 9.17) is 20.3 Å². The zero-order valence-electron chi connectivity index (χ0n) is 10.2. The molecule has 1 aromatic carbocycles. The Morgan fingerprint density at radius 1 is 1.35 bits per heavy atom. The van der Waals surface area contributed by atoms with Gasteiger partial charge in [-0.3, -0.25) is 4.79 Å². The van der Waals surface area contributed by atoms with Crippen molar-refractivity contribution in [1.82, 2.24) is 0 Å². The Morgan fingerprint density at radius 3 is 2.29 bits per heavy atom. The molecule has 17 heavy (non-hydrogen) atoms. The van der Waals surface area contributed by atoms with E-state index in [1.165, 1.54) is 14.2 Å². The maximum atomic E-state index is 10.9. The van der Waals surface area contributed by atoms with Crippen molar-refractivity contribution in [3.63, 3.8) is 0 Å². The van der Waals surface area contributed by atoms with Gasteiger partial charge < -0.3 is 20.3 Å². The van der Waals surface area contributed by atoms with E-state index in [0.29, 0.717) is 23.5 Å². The molecule has 0 aliphatic rings. The maximum absolute atomic E-state index is 10.9. The van der Waals surface area contributed by atoms with Gasteiger partial charge in [0.1, 0.15) is 6.04 Å². The van der Waals surface area contributed by atoms with Crippen LogP contribution in [0.1, 0.15) is 24.1 Å². The fourth-order valence-corrected chi connectivity index (χ4v) is 1.67. The fourth-order valence-electron chi connectivity index (χ4n) is 1.67. The lowest BCUT2D eigenvalue weighted by atomic mass is 9.98. The summed E-state index contributed by atoms with van der Waals surface area (Å²) in [4.78, 5) is 10.9. The highest BCUT2D eigenvalue weighted by Crippen LogP contribution is 2.33. The Bertz CT molecular complexity index is 417. The number of carboxylic acid groups (broad SMARTS) is 1. The number of methoxy groups -OCH3 is 2. The van der Waals surface area contributed by atoms with Crippen LogP contribution in [0.3, 0.4) is 0 Å². The zero-order chi connectivity index (χ0) is 13.0. The Balaban J connectivity index is 3.33. The van der Waals surface area contributed by atoms with Crippen LogP contribution in [0, 0.1) is 0 Å². The summed E-state index contributed by atoms with van der Waals surface area (Å²) in [6.07, 6.45) is 0.677. The highest BCUT2D eigenvalue weighted by Gasteiger charge is 2.20. The summed E-state index contributed by atoms with van der Waals surface area (Å²) in [7, 11) is 3.04. The number of ether oxygens (including phenoxy) is 2. The first kappa shape index (κ1) is 13.3. The summed E-state index contributed by atoms with van der Waals surface area (Å²) in [5.41, 5.74) is 7.03. The van der Waals surface area contributed by atoms with Crippen LogP contribution in [-0.2, 0) is 11.2 Å². The molecule has 0 fully saturated rings. The molecule has 0 aromatic heterocycles. The van der Waals surface area contributed by atoms with Crippen molar-refractivity contribution in [3.05, 3.63) is 23.3 Å². The number of benzene rings is 1. The lowest BCUT2D eigenvalue weighted by molar-refractivity contribution is -0.138. The monoisotopic (exact) mass is 239 g/mol. The molecule has 0 heterocycles. The molecule has 0 amide bonds. The number of carboxylic acids is 1. The molecule has 0 radical (unpaired) electrons. The molecule has 1 atom stereocenters. The van der Waals surface area contributed by atoms with Crippen molar-refractivity contribution in [2.75, 3.05) is 14.2 Å². The second-order valence-corrected chi connectivity index (χ2v) is 3.58. The topological polar surface area (TPSA) is 81.8 Å². The molecule has 1 rings (SSSR count). The minimum Gasteiger partial charge on any atom is -0.493 e. The van der Waals surface area contributed by atoms with Crippen LogP contribution in [0.15, 0.2) is 12.1 Å². The summed E-state index contributed by atoms with van der Waals surface area (Å²) < 4.78 is 10.3. The van der Waals surface area contributed by atoms with Gasteiger partial charge in [0.25, 0.3) is 0 Å². The Kier molecular flexibility index (Phi) is 4.34. The van der Waals surface area contributed by atoms with Gasteiger partial charge in [-0.2, -0.15) is 0 Å². The van der Waals surface area contributed by atoms with Crippen LogP contribution in [0.5, 0.6) is 11.5 Å².